The molecule has 3 atom stereocenters. The molecule has 4 rings (SSSR count). The normalized spacial score (nSPS) is 21.5. The van der Waals surface area contributed by atoms with Crippen molar-refractivity contribution in [1.29, 1.82) is 0 Å². The number of benzene rings is 2. The minimum Gasteiger partial charge on any atom is -0.459 e. The van der Waals surface area contributed by atoms with E-state index in [9.17, 15) is 9.18 Å². The quantitative estimate of drug-likeness (QED) is 0.414. The Morgan fingerprint density at radius 1 is 1.19 bits per heavy atom. The number of esters is 1. The average molecular weight is 424 g/mol. The zero-order valence-corrected chi connectivity index (χ0v) is 18.8. The second kappa shape index (κ2) is 8.81. The van der Waals surface area contributed by atoms with Gasteiger partial charge < -0.3 is 4.74 Å². The fourth-order valence-corrected chi connectivity index (χ4v) is 5.11. The van der Waals surface area contributed by atoms with Crippen LogP contribution in [0.2, 0.25) is 0 Å². The number of carbonyl (C=O) groups is 1. The summed E-state index contributed by atoms with van der Waals surface area (Å²) in [6.45, 7) is 6.76. The lowest BCUT2D eigenvalue weighted by Crippen LogP contribution is -2.37. The molecule has 1 aliphatic rings. The first-order valence-corrected chi connectivity index (χ1v) is 11.3. The largest absolute Gasteiger partial charge is 0.459 e. The van der Waals surface area contributed by atoms with E-state index in [1.807, 2.05) is 46.5 Å². The van der Waals surface area contributed by atoms with Crippen LogP contribution < -0.4 is 4.57 Å². The number of aromatic nitrogens is 2. The van der Waals surface area contributed by atoms with Crippen molar-refractivity contribution in [2.24, 2.45) is 24.8 Å². The van der Waals surface area contributed by atoms with Crippen molar-refractivity contribution in [3.05, 3.63) is 54.3 Å². The minimum atomic E-state index is -0.298. The second-order valence-electron chi connectivity index (χ2n) is 9.32. The Morgan fingerprint density at radius 3 is 2.71 bits per heavy atom. The Kier molecular flexibility index (Phi) is 6.12. The number of carbonyl (C=O) groups excluding carboxylic acids is 1. The highest BCUT2D eigenvalue weighted by atomic mass is 19.1. The van der Waals surface area contributed by atoms with Crippen LogP contribution in [-0.2, 0) is 23.1 Å². The number of ether oxygens (including phenoxy) is 1. The molecular weight excluding hydrogens is 391 g/mol. The summed E-state index contributed by atoms with van der Waals surface area (Å²) in [6.07, 6.45) is 3.18. The summed E-state index contributed by atoms with van der Waals surface area (Å²) in [6, 6.07) is 14.4. The number of fused-ring (bicyclic) bond motifs is 1. The molecule has 5 heteroatoms. The van der Waals surface area contributed by atoms with E-state index in [0.29, 0.717) is 17.8 Å². The Labute approximate surface area is 183 Å². The van der Waals surface area contributed by atoms with Crippen LogP contribution in [0.3, 0.4) is 0 Å². The molecule has 0 aliphatic heterocycles. The number of rotatable bonds is 5. The molecule has 3 aromatic rings. The summed E-state index contributed by atoms with van der Waals surface area (Å²) in [5.41, 5.74) is 2.65. The third kappa shape index (κ3) is 4.36. The summed E-state index contributed by atoms with van der Waals surface area (Å²) in [7, 11) is 1.95. The van der Waals surface area contributed by atoms with Gasteiger partial charge in [0.1, 0.15) is 11.9 Å². The van der Waals surface area contributed by atoms with Gasteiger partial charge in [-0.1, -0.05) is 45.4 Å². The number of halogens is 1. The first-order valence-electron chi connectivity index (χ1n) is 11.3. The van der Waals surface area contributed by atoms with Crippen LogP contribution in [0.5, 0.6) is 0 Å². The summed E-state index contributed by atoms with van der Waals surface area (Å²) < 4.78 is 24.0. The van der Waals surface area contributed by atoms with Crippen molar-refractivity contribution < 1.29 is 18.5 Å². The first-order chi connectivity index (χ1) is 14.8. The SMILES string of the molecule is CC(C)C1CC[C@@H](C)C[C@H]1OC(=O)Cn1c(-c2cccc(F)c2)[n+](C)c2ccccc21. The highest BCUT2D eigenvalue weighted by Gasteiger charge is 2.34. The third-order valence-corrected chi connectivity index (χ3v) is 6.72. The molecule has 1 aromatic heterocycles. The van der Waals surface area contributed by atoms with Crippen LogP contribution in [0.4, 0.5) is 4.39 Å². The lowest BCUT2D eigenvalue weighted by molar-refractivity contribution is -0.634. The number of hydrogen-bond donors (Lipinski definition) is 0. The van der Waals surface area contributed by atoms with Crippen LogP contribution in [0.25, 0.3) is 22.4 Å². The predicted octanol–water partition coefficient (Wildman–Crippen LogP) is 5.28. The van der Waals surface area contributed by atoms with Gasteiger partial charge in [0.05, 0.1) is 12.6 Å². The van der Waals surface area contributed by atoms with Crippen LogP contribution in [0, 0.1) is 23.6 Å². The molecular formula is C26H32FN2O2+. The lowest BCUT2D eigenvalue weighted by Gasteiger charge is -2.36. The molecule has 1 heterocycles. The van der Waals surface area contributed by atoms with Crippen molar-refractivity contribution in [3.8, 4) is 11.4 Å². The number of aryl methyl sites for hydroxylation is 1. The predicted molar refractivity (Wildman–Crippen MR) is 120 cm³/mol. The van der Waals surface area contributed by atoms with Crippen molar-refractivity contribution in [2.75, 3.05) is 0 Å². The Bertz CT molecular complexity index is 1090. The number of imidazole rings is 1. The number of para-hydroxylation sites is 2. The van der Waals surface area contributed by atoms with E-state index in [-0.39, 0.29) is 24.4 Å². The van der Waals surface area contributed by atoms with E-state index in [1.165, 1.54) is 18.6 Å². The highest BCUT2D eigenvalue weighted by Crippen LogP contribution is 2.35. The molecule has 2 aromatic carbocycles. The maximum Gasteiger partial charge on any atom is 0.348 e. The van der Waals surface area contributed by atoms with Gasteiger partial charge in [-0.05, 0) is 60.9 Å². The molecule has 31 heavy (non-hydrogen) atoms. The van der Waals surface area contributed by atoms with Crippen molar-refractivity contribution >= 4 is 17.0 Å². The van der Waals surface area contributed by atoms with Gasteiger partial charge in [-0.2, -0.15) is 0 Å². The van der Waals surface area contributed by atoms with E-state index in [2.05, 4.69) is 20.8 Å². The number of nitrogens with zero attached hydrogens (tertiary/aromatic N) is 2. The first kappa shape index (κ1) is 21.5. The zero-order chi connectivity index (χ0) is 22.1. The molecule has 4 nitrogen and oxygen atoms in total. The zero-order valence-electron chi connectivity index (χ0n) is 18.8. The molecule has 0 amide bonds. The van der Waals surface area contributed by atoms with Gasteiger partial charge in [-0.25, -0.2) is 18.3 Å². The maximum atomic E-state index is 14.0. The molecule has 1 aliphatic carbocycles. The Hall–Kier alpha value is -2.69. The van der Waals surface area contributed by atoms with Crippen LogP contribution in [0.1, 0.15) is 40.0 Å². The molecule has 164 valence electrons. The molecule has 1 unspecified atom stereocenters. The lowest BCUT2D eigenvalue weighted by atomic mass is 9.75. The summed E-state index contributed by atoms with van der Waals surface area (Å²) in [5.74, 6) is 1.71. The fourth-order valence-electron chi connectivity index (χ4n) is 5.11. The highest BCUT2D eigenvalue weighted by molar-refractivity contribution is 5.79. The van der Waals surface area contributed by atoms with E-state index in [4.69, 9.17) is 4.74 Å². The van der Waals surface area contributed by atoms with Gasteiger partial charge in [0, 0.05) is 0 Å². The van der Waals surface area contributed by atoms with E-state index in [1.54, 1.807) is 6.07 Å². The fraction of sp³-hybridized carbons (Fsp3) is 0.462. The monoisotopic (exact) mass is 423 g/mol. The number of hydrogen-bond acceptors (Lipinski definition) is 2. The Balaban J connectivity index is 1.68. The van der Waals surface area contributed by atoms with E-state index in [0.717, 1.165) is 35.3 Å². The van der Waals surface area contributed by atoms with Gasteiger partial charge in [-0.15, -0.1) is 0 Å². The van der Waals surface area contributed by atoms with Crippen molar-refractivity contribution in [3.63, 3.8) is 0 Å². The second-order valence-corrected chi connectivity index (χ2v) is 9.32. The molecule has 0 N–H and O–H groups in total. The van der Waals surface area contributed by atoms with Gasteiger partial charge >= 0.3 is 5.97 Å². The molecule has 0 bridgehead atoms. The van der Waals surface area contributed by atoms with E-state index >= 15 is 0 Å². The van der Waals surface area contributed by atoms with Crippen LogP contribution >= 0.6 is 0 Å². The average Bonchev–Trinajstić information content (AvgIpc) is 2.99. The molecule has 1 fully saturated rings. The topological polar surface area (TPSA) is 35.1 Å². The standard InChI is InChI=1S/C26H32FN2O2/c1-17(2)21-13-12-18(3)14-24(21)31-25(30)16-29-23-11-6-5-10-22(23)28(4)26(29)19-8-7-9-20(27)15-19/h5-11,15,17-18,21,24H,12-14,16H2,1-4H3/q+1/t18-,21?,24-/m1/s1. The van der Waals surface area contributed by atoms with E-state index < -0.39 is 0 Å². The summed E-state index contributed by atoms with van der Waals surface area (Å²) in [4.78, 5) is 13.1. The summed E-state index contributed by atoms with van der Waals surface area (Å²) >= 11 is 0. The molecule has 0 saturated heterocycles. The van der Waals surface area contributed by atoms with Gasteiger partial charge in [0.15, 0.2) is 17.6 Å². The Morgan fingerprint density at radius 2 is 1.97 bits per heavy atom. The maximum absolute atomic E-state index is 14.0. The van der Waals surface area contributed by atoms with Crippen LogP contribution in [-0.4, -0.2) is 16.6 Å². The molecule has 1 saturated carbocycles. The molecule has 0 radical (unpaired) electrons. The van der Waals surface area contributed by atoms with Gasteiger partial charge in [-0.3, -0.25) is 0 Å². The summed E-state index contributed by atoms with van der Waals surface area (Å²) in [5, 5.41) is 0. The smallest absolute Gasteiger partial charge is 0.348 e. The molecule has 0 spiro atoms. The third-order valence-electron chi connectivity index (χ3n) is 6.72. The van der Waals surface area contributed by atoms with Crippen molar-refractivity contribution in [1.82, 2.24) is 4.57 Å². The van der Waals surface area contributed by atoms with Gasteiger partial charge in [0.2, 0.25) is 0 Å². The minimum absolute atomic E-state index is 0.0375. The van der Waals surface area contributed by atoms with Crippen molar-refractivity contribution in [2.45, 2.75) is 52.7 Å². The van der Waals surface area contributed by atoms with Gasteiger partial charge in [0.25, 0.3) is 5.82 Å². The van der Waals surface area contributed by atoms with Crippen LogP contribution in [0.15, 0.2) is 48.5 Å².